The quantitative estimate of drug-likeness (QED) is 0.257. The van der Waals surface area contributed by atoms with E-state index in [1.165, 1.54) is 30.0 Å². The second-order valence-corrected chi connectivity index (χ2v) is 14.6. The van der Waals surface area contributed by atoms with Crippen LogP contribution in [0.4, 0.5) is 5.69 Å². The number of hydrogen-bond donors (Lipinski definition) is 1. The lowest BCUT2D eigenvalue weighted by atomic mass is 9.49. The molecule has 3 aromatic rings. The molecule has 5 aliphatic carbocycles. The third-order valence-electron chi connectivity index (χ3n) is 10.9. The minimum absolute atomic E-state index is 0.0843. The average molecular weight is 562 g/mol. The van der Waals surface area contributed by atoms with E-state index in [1.807, 2.05) is 18.2 Å². The first kappa shape index (κ1) is 26.1. The summed E-state index contributed by atoms with van der Waals surface area (Å²) in [4.78, 5) is 27.6. The van der Waals surface area contributed by atoms with E-state index < -0.39 is 0 Å². The van der Waals surface area contributed by atoms with Crippen LogP contribution in [0.5, 0.6) is 11.5 Å². The Morgan fingerprint density at radius 3 is 2.31 bits per heavy atom. The number of anilines is 1. The van der Waals surface area contributed by atoms with Gasteiger partial charge in [-0.25, -0.2) is 0 Å². The molecule has 1 N–H and O–H groups in total. The average Bonchev–Trinajstić information content (AvgIpc) is 2.95. The summed E-state index contributed by atoms with van der Waals surface area (Å²) in [7, 11) is 1.62. The number of fused-ring (bicyclic) bond motifs is 4. The number of esters is 1. The molecular weight excluding hydrogens is 522 g/mol. The van der Waals surface area contributed by atoms with Crippen molar-refractivity contribution >= 4 is 33.8 Å². The van der Waals surface area contributed by atoms with Crippen molar-refractivity contribution in [2.45, 2.75) is 71.3 Å². The van der Waals surface area contributed by atoms with Crippen LogP contribution in [0.15, 0.2) is 60.2 Å². The van der Waals surface area contributed by atoms with Gasteiger partial charge in [-0.05, 0) is 108 Å². The highest BCUT2D eigenvalue weighted by Gasteiger charge is 2.55. The van der Waals surface area contributed by atoms with Crippen molar-refractivity contribution in [2.24, 2.45) is 28.6 Å². The molecular formula is C37H39NO4. The minimum atomic E-state index is -0.336. The minimum Gasteiger partial charge on any atom is -0.493 e. The molecule has 0 unspecified atom stereocenters. The number of benzene rings is 3. The molecule has 216 valence electrons. The third kappa shape index (κ3) is 4.03. The zero-order valence-electron chi connectivity index (χ0n) is 24.8. The Morgan fingerprint density at radius 2 is 1.60 bits per heavy atom. The monoisotopic (exact) mass is 561 g/mol. The van der Waals surface area contributed by atoms with E-state index >= 15 is 0 Å². The molecule has 1 atom stereocenters. The summed E-state index contributed by atoms with van der Waals surface area (Å²) in [6, 6.07) is 18.2. The van der Waals surface area contributed by atoms with Crippen LogP contribution in [-0.2, 0) is 9.59 Å². The predicted molar refractivity (Wildman–Crippen MR) is 164 cm³/mol. The van der Waals surface area contributed by atoms with Crippen LogP contribution in [-0.4, -0.2) is 18.9 Å². The standard InChI is InChI=1S/C37H39NO4/c1-36(2)19-27-32-26-7-5-4-6-24(26)8-10-28(32)38-34(33(27)29(39)20-36)25-9-11-30(31(15-25)41-3)42-35(40)37-16-21-12-22(17-37)14-23(13-21)18-37/h4-11,15,21-23,34,38H,12-14,16-20H2,1-3H3/t21?,22?,23?,34-,37?/m1/s1. The molecule has 0 aromatic heterocycles. The van der Waals surface area contributed by atoms with E-state index in [2.05, 4.69) is 55.6 Å². The molecule has 5 heteroatoms. The lowest BCUT2D eigenvalue weighted by Gasteiger charge is -2.55. The van der Waals surface area contributed by atoms with Gasteiger partial charge < -0.3 is 14.8 Å². The number of allylic oxidation sites excluding steroid dienone is 1. The molecule has 0 spiro atoms. The topological polar surface area (TPSA) is 64.6 Å². The molecule has 4 fully saturated rings. The molecule has 0 saturated heterocycles. The van der Waals surface area contributed by atoms with Crippen molar-refractivity contribution in [2.75, 3.05) is 12.4 Å². The Kier molecular flexibility index (Phi) is 5.71. The first-order valence-corrected chi connectivity index (χ1v) is 15.7. The van der Waals surface area contributed by atoms with Gasteiger partial charge in [0.2, 0.25) is 0 Å². The first-order chi connectivity index (χ1) is 20.2. The summed E-state index contributed by atoms with van der Waals surface area (Å²) >= 11 is 0. The van der Waals surface area contributed by atoms with Crippen LogP contribution in [0, 0.1) is 28.6 Å². The second kappa shape index (κ2) is 9.20. The lowest BCUT2D eigenvalue weighted by Crippen LogP contribution is -2.51. The number of ketones is 1. The van der Waals surface area contributed by atoms with E-state index in [1.54, 1.807) is 7.11 Å². The van der Waals surface area contributed by atoms with Crippen molar-refractivity contribution < 1.29 is 19.1 Å². The highest BCUT2D eigenvalue weighted by atomic mass is 16.6. The molecule has 9 rings (SSSR count). The fourth-order valence-corrected chi connectivity index (χ4v) is 9.60. The molecule has 5 nitrogen and oxygen atoms in total. The molecule has 3 aromatic carbocycles. The van der Waals surface area contributed by atoms with E-state index in [0.29, 0.717) is 35.7 Å². The van der Waals surface area contributed by atoms with Crippen LogP contribution < -0.4 is 14.8 Å². The van der Waals surface area contributed by atoms with Gasteiger partial charge in [0, 0.05) is 23.2 Å². The van der Waals surface area contributed by atoms with Gasteiger partial charge in [0.05, 0.1) is 18.6 Å². The molecule has 0 amide bonds. The summed E-state index contributed by atoms with van der Waals surface area (Å²) in [6.07, 6.45) is 8.10. The highest BCUT2D eigenvalue weighted by Crippen LogP contribution is 2.60. The molecule has 0 radical (unpaired) electrons. The molecule has 6 aliphatic rings. The van der Waals surface area contributed by atoms with Crippen molar-refractivity contribution in [1.29, 1.82) is 0 Å². The number of ether oxygens (including phenoxy) is 2. The van der Waals surface area contributed by atoms with E-state index in [0.717, 1.165) is 53.6 Å². The van der Waals surface area contributed by atoms with E-state index in [4.69, 9.17) is 9.47 Å². The third-order valence-corrected chi connectivity index (χ3v) is 10.9. The van der Waals surface area contributed by atoms with E-state index in [-0.39, 0.29) is 28.6 Å². The zero-order chi connectivity index (χ0) is 28.8. The Bertz CT molecular complexity index is 1640. The zero-order valence-corrected chi connectivity index (χ0v) is 24.8. The maximum Gasteiger partial charge on any atom is 0.317 e. The molecule has 1 heterocycles. The van der Waals surface area contributed by atoms with E-state index in [9.17, 15) is 9.59 Å². The van der Waals surface area contributed by atoms with Gasteiger partial charge in [0.25, 0.3) is 0 Å². The van der Waals surface area contributed by atoms with Crippen LogP contribution in [0.25, 0.3) is 16.3 Å². The lowest BCUT2D eigenvalue weighted by molar-refractivity contribution is -0.161. The number of nitrogens with one attached hydrogen (secondary N) is 1. The SMILES string of the molecule is COc1cc([C@H]2Nc3ccc4ccccc4c3C3=C2C(=O)CC(C)(C)C3)ccc1OC(=O)C12CC3CC(CC(C3)C1)C2. The van der Waals surface area contributed by atoms with Gasteiger partial charge in [-0.15, -0.1) is 0 Å². The fourth-order valence-electron chi connectivity index (χ4n) is 9.60. The molecule has 4 bridgehead atoms. The van der Waals surface area contributed by atoms with Crippen LogP contribution in [0.2, 0.25) is 0 Å². The maximum atomic E-state index is 13.8. The summed E-state index contributed by atoms with van der Waals surface area (Å²) in [6.45, 7) is 4.37. The van der Waals surface area contributed by atoms with Gasteiger partial charge in [0.15, 0.2) is 17.3 Å². The van der Waals surface area contributed by atoms with Gasteiger partial charge in [-0.2, -0.15) is 0 Å². The molecule has 42 heavy (non-hydrogen) atoms. The van der Waals surface area contributed by atoms with Gasteiger partial charge in [-0.3, -0.25) is 9.59 Å². The number of hydrogen-bond acceptors (Lipinski definition) is 5. The largest absolute Gasteiger partial charge is 0.493 e. The van der Waals surface area contributed by atoms with Crippen molar-refractivity contribution in [3.05, 3.63) is 71.3 Å². The van der Waals surface area contributed by atoms with Gasteiger partial charge >= 0.3 is 5.97 Å². The Balaban J connectivity index is 1.16. The smallest absolute Gasteiger partial charge is 0.317 e. The number of methoxy groups -OCH3 is 1. The number of rotatable bonds is 4. The van der Waals surface area contributed by atoms with Crippen LogP contribution in [0.1, 0.15) is 82.4 Å². The number of carbonyl (C=O) groups excluding carboxylic acids is 2. The Hall–Kier alpha value is -3.60. The number of Topliss-reactive ketones (excluding diaryl/α,β-unsaturated/α-hetero) is 1. The number of carbonyl (C=O) groups is 2. The summed E-state index contributed by atoms with van der Waals surface area (Å²) in [5, 5.41) is 6.06. The van der Waals surface area contributed by atoms with Crippen LogP contribution >= 0.6 is 0 Å². The second-order valence-electron chi connectivity index (χ2n) is 14.6. The predicted octanol–water partition coefficient (Wildman–Crippen LogP) is 8.28. The maximum absolute atomic E-state index is 13.8. The highest BCUT2D eigenvalue weighted by molar-refractivity contribution is 6.12. The Labute approximate surface area is 247 Å². The van der Waals surface area contributed by atoms with Crippen molar-refractivity contribution in [3.63, 3.8) is 0 Å². The Morgan fingerprint density at radius 1 is 0.881 bits per heavy atom. The van der Waals surface area contributed by atoms with Crippen molar-refractivity contribution in [3.8, 4) is 11.5 Å². The first-order valence-electron chi connectivity index (χ1n) is 15.7. The summed E-state index contributed by atoms with van der Waals surface area (Å²) in [5.74, 6) is 3.12. The normalized spacial score (nSPS) is 30.5. The van der Waals surface area contributed by atoms with Crippen molar-refractivity contribution in [1.82, 2.24) is 0 Å². The van der Waals surface area contributed by atoms with Gasteiger partial charge in [0.1, 0.15) is 0 Å². The molecule has 1 aliphatic heterocycles. The fraction of sp³-hybridized carbons (Fsp3) is 0.459. The van der Waals surface area contributed by atoms with Crippen LogP contribution in [0.3, 0.4) is 0 Å². The molecule has 4 saturated carbocycles. The summed E-state index contributed by atoms with van der Waals surface area (Å²) < 4.78 is 12.0. The summed E-state index contributed by atoms with van der Waals surface area (Å²) in [5.41, 5.74) is 4.66. The van der Waals surface area contributed by atoms with Gasteiger partial charge in [-0.1, -0.05) is 50.2 Å².